The van der Waals surface area contributed by atoms with Gasteiger partial charge in [0, 0.05) is 38.8 Å². The predicted molar refractivity (Wildman–Crippen MR) is 114 cm³/mol. The summed E-state index contributed by atoms with van der Waals surface area (Å²) in [6.07, 6.45) is 0. The summed E-state index contributed by atoms with van der Waals surface area (Å²) < 4.78 is 37.2. The molecular formula is C21H27N3O5S. The van der Waals surface area contributed by atoms with E-state index < -0.39 is 10.0 Å². The van der Waals surface area contributed by atoms with Crippen LogP contribution in [0.15, 0.2) is 48.5 Å². The number of carbonyl (C=O) groups excluding carboxylic acids is 1. The molecule has 2 aromatic rings. The first-order valence-corrected chi connectivity index (χ1v) is 11.3. The Morgan fingerprint density at radius 1 is 0.933 bits per heavy atom. The fraction of sp³-hybridized carbons (Fsp3) is 0.381. The first-order chi connectivity index (χ1) is 14.4. The van der Waals surface area contributed by atoms with E-state index in [0.717, 1.165) is 11.1 Å². The van der Waals surface area contributed by atoms with E-state index in [4.69, 9.17) is 9.47 Å². The van der Waals surface area contributed by atoms with Crippen molar-refractivity contribution in [3.8, 4) is 11.5 Å². The molecule has 0 atom stereocenters. The van der Waals surface area contributed by atoms with Crippen molar-refractivity contribution in [2.75, 3.05) is 40.4 Å². The summed E-state index contributed by atoms with van der Waals surface area (Å²) in [4.78, 5) is 14.1. The Hall–Kier alpha value is -2.78. The van der Waals surface area contributed by atoms with Gasteiger partial charge in [-0.1, -0.05) is 30.3 Å². The molecule has 162 valence electrons. The lowest BCUT2D eigenvalue weighted by atomic mass is 10.2. The molecule has 0 bridgehead atoms. The summed E-state index contributed by atoms with van der Waals surface area (Å²) in [5.74, 6) is 1.27. The Kier molecular flexibility index (Phi) is 7.17. The summed E-state index contributed by atoms with van der Waals surface area (Å²) in [5.41, 5.74) is 1.61. The third-order valence-corrected chi connectivity index (χ3v) is 6.82. The second-order valence-electron chi connectivity index (χ2n) is 7.01. The molecule has 2 amide bonds. The minimum atomic E-state index is -3.41. The van der Waals surface area contributed by atoms with Crippen LogP contribution in [0, 0.1) is 0 Å². The van der Waals surface area contributed by atoms with Crippen molar-refractivity contribution in [3.63, 3.8) is 0 Å². The Balaban J connectivity index is 1.52. The number of nitrogens with one attached hydrogen (secondary N) is 1. The quantitative estimate of drug-likeness (QED) is 0.722. The van der Waals surface area contributed by atoms with Crippen LogP contribution in [0.3, 0.4) is 0 Å². The molecule has 0 unspecified atom stereocenters. The van der Waals surface area contributed by atoms with Gasteiger partial charge in [-0.2, -0.15) is 4.31 Å². The number of carbonyl (C=O) groups is 1. The maximum atomic E-state index is 12.6. The van der Waals surface area contributed by atoms with E-state index in [1.807, 2.05) is 30.3 Å². The first-order valence-electron chi connectivity index (χ1n) is 9.68. The maximum absolute atomic E-state index is 12.6. The molecule has 0 aromatic heterocycles. The van der Waals surface area contributed by atoms with Crippen molar-refractivity contribution in [1.29, 1.82) is 0 Å². The topological polar surface area (TPSA) is 88.2 Å². The minimum absolute atomic E-state index is 0.0301. The van der Waals surface area contributed by atoms with Crippen LogP contribution < -0.4 is 14.8 Å². The van der Waals surface area contributed by atoms with Crippen LogP contribution in [0.4, 0.5) is 4.79 Å². The monoisotopic (exact) mass is 433 g/mol. The average Bonchev–Trinajstić information content (AvgIpc) is 2.77. The second kappa shape index (κ2) is 9.82. The SMILES string of the molecule is COc1cc(CNC(=O)N2CCN(S(=O)(=O)Cc3ccccc3)CC2)cc(OC)c1. The van der Waals surface area contributed by atoms with Gasteiger partial charge < -0.3 is 19.7 Å². The number of methoxy groups -OCH3 is 2. The van der Waals surface area contributed by atoms with E-state index in [9.17, 15) is 13.2 Å². The normalized spacial score (nSPS) is 14.9. The van der Waals surface area contributed by atoms with Crippen molar-refractivity contribution in [3.05, 3.63) is 59.7 Å². The number of nitrogens with zero attached hydrogens (tertiary/aromatic N) is 2. The fourth-order valence-electron chi connectivity index (χ4n) is 3.30. The maximum Gasteiger partial charge on any atom is 0.317 e. The number of amides is 2. The molecule has 0 spiro atoms. The third-order valence-electron chi connectivity index (χ3n) is 4.97. The lowest BCUT2D eigenvalue weighted by molar-refractivity contribution is 0.172. The number of sulfonamides is 1. The standard InChI is InChI=1S/C21H27N3O5S/c1-28-19-12-18(13-20(14-19)29-2)15-22-21(25)23-8-10-24(11-9-23)30(26,27)16-17-6-4-3-5-7-17/h3-7,12-14H,8-11,15-16H2,1-2H3,(H,22,25). The highest BCUT2D eigenvalue weighted by molar-refractivity contribution is 7.88. The van der Waals surface area contributed by atoms with Crippen LogP contribution in [-0.4, -0.2) is 64.1 Å². The van der Waals surface area contributed by atoms with E-state index in [1.165, 1.54) is 4.31 Å². The molecule has 9 heteroatoms. The van der Waals surface area contributed by atoms with Crippen molar-refractivity contribution in [2.24, 2.45) is 0 Å². The van der Waals surface area contributed by atoms with Gasteiger partial charge in [-0.05, 0) is 23.3 Å². The summed E-state index contributed by atoms with van der Waals surface area (Å²) >= 11 is 0. The molecule has 0 radical (unpaired) electrons. The number of rotatable bonds is 7. The second-order valence-corrected chi connectivity index (χ2v) is 8.98. The van der Waals surface area contributed by atoms with Gasteiger partial charge in [0.1, 0.15) is 11.5 Å². The molecule has 1 fully saturated rings. The zero-order chi connectivity index (χ0) is 21.6. The molecule has 2 aromatic carbocycles. The highest BCUT2D eigenvalue weighted by Gasteiger charge is 2.28. The van der Waals surface area contributed by atoms with Crippen LogP contribution in [0.2, 0.25) is 0 Å². The fourth-order valence-corrected chi connectivity index (χ4v) is 4.82. The van der Waals surface area contributed by atoms with Crippen molar-refractivity contribution in [2.45, 2.75) is 12.3 Å². The number of ether oxygens (including phenoxy) is 2. The van der Waals surface area contributed by atoms with Gasteiger partial charge in [-0.25, -0.2) is 13.2 Å². The third kappa shape index (κ3) is 5.64. The van der Waals surface area contributed by atoms with Crippen molar-refractivity contribution in [1.82, 2.24) is 14.5 Å². The van der Waals surface area contributed by atoms with Gasteiger partial charge in [0.25, 0.3) is 0 Å². The van der Waals surface area contributed by atoms with Gasteiger partial charge in [-0.15, -0.1) is 0 Å². The van der Waals surface area contributed by atoms with Gasteiger partial charge in [0.2, 0.25) is 10.0 Å². The molecule has 8 nitrogen and oxygen atoms in total. The molecule has 1 aliphatic heterocycles. The van der Waals surface area contributed by atoms with Gasteiger partial charge >= 0.3 is 6.03 Å². The number of benzene rings is 2. The number of hydrogen-bond donors (Lipinski definition) is 1. The molecule has 1 aliphatic rings. The van der Waals surface area contributed by atoms with Crippen LogP contribution in [0.1, 0.15) is 11.1 Å². The van der Waals surface area contributed by atoms with Gasteiger partial charge in [-0.3, -0.25) is 0 Å². The Labute approximate surface area is 177 Å². The predicted octanol–water partition coefficient (Wildman–Crippen LogP) is 2.06. The molecular weight excluding hydrogens is 406 g/mol. The average molecular weight is 434 g/mol. The smallest absolute Gasteiger partial charge is 0.317 e. The van der Waals surface area contributed by atoms with Crippen molar-refractivity contribution >= 4 is 16.1 Å². The van der Waals surface area contributed by atoms with E-state index in [1.54, 1.807) is 37.3 Å². The molecule has 3 rings (SSSR count). The van der Waals surface area contributed by atoms with Gasteiger partial charge in [0.05, 0.1) is 20.0 Å². The molecule has 0 saturated carbocycles. The Morgan fingerprint density at radius 2 is 1.53 bits per heavy atom. The van der Waals surface area contributed by atoms with E-state index in [2.05, 4.69) is 5.32 Å². The lowest BCUT2D eigenvalue weighted by Gasteiger charge is -2.34. The van der Waals surface area contributed by atoms with Crippen LogP contribution in [0.25, 0.3) is 0 Å². The Morgan fingerprint density at radius 3 is 2.10 bits per heavy atom. The molecule has 0 aliphatic carbocycles. The number of piperazine rings is 1. The highest BCUT2D eigenvalue weighted by Crippen LogP contribution is 2.22. The summed E-state index contributed by atoms with van der Waals surface area (Å²) in [7, 11) is -0.265. The minimum Gasteiger partial charge on any atom is -0.497 e. The van der Waals surface area contributed by atoms with Gasteiger partial charge in [0.15, 0.2) is 0 Å². The largest absolute Gasteiger partial charge is 0.497 e. The first kappa shape index (κ1) is 21.9. The summed E-state index contributed by atoms with van der Waals surface area (Å²) in [6, 6.07) is 14.3. The van der Waals surface area contributed by atoms with E-state index >= 15 is 0 Å². The number of hydrogen-bond acceptors (Lipinski definition) is 5. The summed E-state index contributed by atoms with van der Waals surface area (Å²) in [6.45, 7) is 1.59. The van der Waals surface area contributed by atoms with Crippen LogP contribution in [0.5, 0.6) is 11.5 Å². The molecule has 1 heterocycles. The van der Waals surface area contributed by atoms with Crippen LogP contribution >= 0.6 is 0 Å². The van der Waals surface area contributed by atoms with E-state index in [0.29, 0.717) is 31.1 Å². The zero-order valence-electron chi connectivity index (χ0n) is 17.2. The Bertz CT molecular complexity index is 936. The number of urea groups is 1. The lowest BCUT2D eigenvalue weighted by Crippen LogP contribution is -2.53. The molecule has 1 N–H and O–H groups in total. The molecule has 1 saturated heterocycles. The summed E-state index contributed by atoms with van der Waals surface area (Å²) in [5, 5.41) is 2.87. The van der Waals surface area contributed by atoms with E-state index in [-0.39, 0.29) is 24.9 Å². The van der Waals surface area contributed by atoms with Crippen LogP contribution in [-0.2, 0) is 22.3 Å². The van der Waals surface area contributed by atoms with Crippen molar-refractivity contribution < 1.29 is 22.7 Å². The molecule has 30 heavy (non-hydrogen) atoms. The zero-order valence-corrected chi connectivity index (χ0v) is 18.0. The highest BCUT2D eigenvalue weighted by atomic mass is 32.2.